The first-order valence-corrected chi connectivity index (χ1v) is 6.69. The van der Waals surface area contributed by atoms with Crippen LogP contribution in [0.5, 0.6) is 0 Å². The highest BCUT2D eigenvalue weighted by molar-refractivity contribution is 6.00. The van der Waals surface area contributed by atoms with E-state index in [0.29, 0.717) is 6.54 Å². The van der Waals surface area contributed by atoms with Crippen LogP contribution < -0.4 is 5.32 Å². The highest BCUT2D eigenvalue weighted by atomic mass is 19.1. The summed E-state index contributed by atoms with van der Waals surface area (Å²) < 4.78 is 13.1. The number of amides is 2. The Labute approximate surface area is 122 Å². The third kappa shape index (κ3) is 5.03. The van der Waals surface area contributed by atoms with E-state index in [1.165, 1.54) is 11.0 Å². The fraction of sp³-hybridized carbons (Fsp3) is 0.429. The van der Waals surface area contributed by atoms with Gasteiger partial charge in [-0.1, -0.05) is 13.3 Å². The van der Waals surface area contributed by atoms with Gasteiger partial charge in [-0.2, -0.15) is 0 Å². The van der Waals surface area contributed by atoms with Gasteiger partial charge in [-0.15, -0.1) is 0 Å². The number of carbonyl (C=O) groups is 2. The average molecular weight is 298 g/mol. The van der Waals surface area contributed by atoms with E-state index in [-0.39, 0.29) is 24.4 Å². The average Bonchev–Trinajstić information content (AvgIpc) is 2.45. The van der Waals surface area contributed by atoms with Gasteiger partial charge in [-0.25, -0.2) is 14.0 Å². The third-order valence-corrected chi connectivity index (χ3v) is 2.89. The molecule has 0 spiro atoms. The fourth-order valence-electron chi connectivity index (χ4n) is 1.78. The van der Waals surface area contributed by atoms with E-state index in [1.54, 1.807) is 0 Å². The molecule has 0 unspecified atom stereocenters. The predicted molar refractivity (Wildman–Crippen MR) is 75.9 cm³/mol. The summed E-state index contributed by atoms with van der Waals surface area (Å²) in [5.41, 5.74) is -0.295. The van der Waals surface area contributed by atoms with Crippen LogP contribution in [-0.4, -0.2) is 46.8 Å². The van der Waals surface area contributed by atoms with Crippen molar-refractivity contribution in [1.82, 2.24) is 4.90 Å². The molecule has 0 radical (unpaired) electrons. The molecule has 2 amide bonds. The summed E-state index contributed by atoms with van der Waals surface area (Å²) in [6.45, 7) is 2.38. The molecule has 0 saturated carbocycles. The highest BCUT2D eigenvalue weighted by Gasteiger charge is 2.17. The van der Waals surface area contributed by atoms with Crippen LogP contribution in [0.2, 0.25) is 0 Å². The van der Waals surface area contributed by atoms with E-state index in [2.05, 4.69) is 5.32 Å². The number of hydrogen-bond donors (Lipinski definition) is 3. The number of unbranched alkanes of at least 4 members (excludes halogenated alkanes) is 1. The van der Waals surface area contributed by atoms with Gasteiger partial charge in [0.1, 0.15) is 5.82 Å². The summed E-state index contributed by atoms with van der Waals surface area (Å²) in [6, 6.07) is 2.60. The molecular formula is C14H19FN2O4. The van der Waals surface area contributed by atoms with E-state index >= 15 is 0 Å². The maximum absolute atomic E-state index is 13.1. The van der Waals surface area contributed by atoms with Gasteiger partial charge in [-0.3, -0.25) is 0 Å². The van der Waals surface area contributed by atoms with Crippen LogP contribution >= 0.6 is 0 Å². The monoisotopic (exact) mass is 298 g/mol. The zero-order valence-corrected chi connectivity index (χ0v) is 11.8. The number of hydrogen-bond acceptors (Lipinski definition) is 3. The van der Waals surface area contributed by atoms with Crippen LogP contribution in [-0.2, 0) is 0 Å². The maximum Gasteiger partial charge on any atom is 0.337 e. The van der Waals surface area contributed by atoms with Gasteiger partial charge in [-0.05, 0) is 24.6 Å². The number of carbonyl (C=O) groups excluding carboxylic acids is 1. The number of aliphatic hydroxyl groups excluding tert-OH is 1. The number of halogens is 1. The summed E-state index contributed by atoms with van der Waals surface area (Å²) in [7, 11) is 0. The van der Waals surface area contributed by atoms with Crippen molar-refractivity contribution in [1.29, 1.82) is 0 Å². The minimum Gasteiger partial charge on any atom is -0.478 e. The maximum atomic E-state index is 13.1. The largest absolute Gasteiger partial charge is 0.478 e. The molecule has 0 aliphatic heterocycles. The van der Waals surface area contributed by atoms with Crippen molar-refractivity contribution in [2.45, 2.75) is 19.8 Å². The van der Waals surface area contributed by atoms with E-state index in [9.17, 15) is 14.0 Å². The molecule has 0 saturated heterocycles. The normalized spacial score (nSPS) is 10.2. The Morgan fingerprint density at radius 2 is 2.05 bits per heavy atom. The summed E-state index contributed by atoms with van der Waals surface area (Å²) in [4.78, 5) is 24.5. The molecule has 6 nitrogen and oxygen atoms in total. The van der Waals surface area contributed by atoms with E-state index < -0.39 is 17.8 Å². The van der Waals surface area contributed by atoms with Crippen molar-refractivity contribution in [3.05, 3.63) is 29.6 Å². The van der Waals surface area contributed by atoms with Crippen molar-refractivity contribution in [2.75, 3.05) is 25.0 Å². The van der Waals surface area contributed by atoms with Crippen molar-refractivity contribution in [2.24, 2.45) is 0 Å². The second kappa shape index (κ2) is 8.21. The number of aliphatic hydroxyl groups is 1. The number of carboxylic acids is 1. The second-order valence-corrected chi connectivity index (χ2v) is 4.49. The van der Waals surface area contributed by atoms with Crippen LogP contribution in [0.25, 0.3) is 0 Å². The standard InChI is InChI=1S/C14H19FN2O4/c1-2-3-6-17(7-8-18)14(21)16-12-5-4-10(15)9-11(12)13(19)20/h4-5,9,18H,2-3,6-8H2,1H3,(H,16,21)(H,19,20). The highest BCUT2D eigenvalue weighted by Crippen LogP contribution is 2.17. The topological polar surface area (TPSA) is 89.9 Å². The van der Waals surface area contributed by atoms with Gasteiger partial charge in [0.05, 0.1) is 17.9 Å². The molecule has 116 valence electrons. The molecule has 1 rings (SSSR count). The van der Waals surface area contributed by atoms with Gasteiger partial charge >= 0.3 is 12.0 Å². The minimum atomic E-state index is -1.33. The van der Waals surface area contributed by atoms with Crippen molar-refractivity contribution in [3.63, 3.8) is 0 Å². The molecule has 1 aromatic carbocycles. The zero-order valence-electron chi connectivity index (χ0n) is 11.8. The van der Waals surface area contributed by atoms with Crippen molar-refractivity contribution in [3.8, 4) is 0 Å². The number of rotatable bonds is 7. The van der Waals surface area contributed by atoms with Gasteiger partial charge in [0.25, 0.3) is 0 Å². The number of benzene rings is 1. The van der Waals surface area contributed by atoms with Crippen LogP contribution in [0.15, 0.2) is 18.2 Å². The molecule has 0 bridgehead atoms. The lowest BCUT2D eigenvalue weighted by Crippen LogP contribution is -2.38. The van der Waals surface area contributed by atoms with Gasteiger partial charge in [0.2, 0.25) is 0 Å². The number of urea groups is 1. The Hall–Kier alpha value is -2.15. The number of aromatic carboxylic acids is 1. The molecule has 0 aliphatic carbocycles. The van der Waals surface area contributed by atoms with E-state index in [1.807, 2.05) is 6.92 Å². The lowest BCUT2D eigenvalue weighted by Gasteiger charge is -2.22. The molecule has 0 fully saturated rings. The zero-order chi connectivity index (χ0) is 15.8. The Bertz CT molecular complexity index is 508. The summed E-state index contributed by atoms with van der Waals surface area (Å²) in [5, 5.41) is 20.4. The Morgan fingerprint density at radius 1 is 1.33 bits per heavy atom. The lowest BCUT2D eigenvalue weighted by molar-refractivity contribution is 0.0697. The first-order chi connectivity index (χ1) is 9.99. The molecule has 7 heteroatoms. The van der Waals surface area contributed by atoms with Crippen LogP contribution in [0, 0.1) is 5.82 Å². The fourth-order valence-corrected chi connectivity index (χ4v) is 1.78. The van der Waals surface area contributed by atoms with E-state index in [4.69, 9.17) is 10.2 Å². The Morgan fingerprint density at radius 3 is 2.62 bits per heavy atom. The molecule has 21 heavy (non-hydrogen) atoms. The van der Waals surface area contributed by atoms with Gasteiger partial charge in [0, 0.05) is 13.1 Å². The lowest BCUT2D eigenvalue weighted by atomic mass is 10.1. The summed E-state index contributed by atoms with van der Waals surface area (Å²) in [6.07, 6.45) is 1.65. The molecule has 0 atom stereocenters. The number of nitrogens with one attached hydrogen (secondary N) is 1. The smallest absolute Gasteiger partial charge is 0.337 e. The first-order valence-electron chi connectivity index (χ1n) is 6.69. The number of carboxylic acid groups (broad SMARTS) is 1. The van der Waals surface area contributed by atoms with Crippen LogP contribution in [0.3, 0.4) is 0 Å². The summed E-state index contributed by atoms with van der Waals surface area (Å²) >= 11 is 0. The molecule has 0 aromatic heterocycles. The van der Waals surface area contributed by atoms with Crippen LogP contribution in [0.1, 0.15) is 30.1 Å². The van der Waals surface area contributed by atoms with Crippen LogP contribution in [0.4, 0.5) is 14.9 Å². The predicted octanol–water partition coefficient (Wildman–Crippen LogP) is 2.15. The molecule has 3 N–H and O–H groups in total. The van der Waals surface area contributed by atoms with Gasteiger partial charge in [0.15, 0.2) is 0 Å². The first kappa shape index (κ1) is 16.9. The molecular weight excluding hydrogens is 279 g/mol. The Kier molecular flexibility index (Phi) is 6.61. The number of nitrogens with zero attached hydrogens (tertiary/aromatic N) is 1. The quantitative estimate of drug-likeness (QED) is 0.719. The van der Waals surface area contributed by atoms with Crippen molar-refractivity contribution < 1.29 is 24.2 Å². The third-order valence-electron chi connectivity index (χ3n) is 2.89. The molecule has 0 aliphatic rings. The molecule has 0 heterocycles. The Balaban J connectivity index is 2.87. The van der Waals surface area contributed by atoms with E-state index in [0.717, 1.165) is 25.0 Å². The molecule has 1 aromatic rings. The SMILES string of the molecule is CCCCN(CCO)C(=O)Nc1ccc(F)cc1C(=O)O. The minimum absolute atomic E-state index is 0.0216. The van der Waals surface area contributed by atoms with Gasteiger partial charge < -0.3 is 20.4 Å². The summed E-state index contributed by atoms with van der Waals surface area (Å²) in [5.74, 6) is -2.02. The number of anilines is 1. The van der Waals surface area contributed by atoms with Crippen molar-refractivity contribution >= 4 is 17.7 Å². The second-order valence-electron chi connectivity index (χ2n) is 4.49.